The molecule has 0 aromatic heterocycles. The van der Waals surface area contributed by atoms with Gasteiger partial charge < -0.3 is 20.3 Å². The quantitative estimate of drug-likeness (QED) is 0.602. The topological polar surface area (TPSA) is 70.7 Å². The molecule has 0 spiro atoms. The Morgan fingerprint density at radius 1 is 1.00 bits per heavy atom. The van der Waals surface area contributed by atoms with Crippen LogP contribution in [0.5, 0.6) is 5.75 Å². The van der Waals surface area contributed by atoms with Gasteiger partial charge in [0.05, 0.1) is 7.11 Å². The summed E-state index contributed by atoms with van der Waals surface area (Å²) in [7, 11) is 1.63. The predicted molar refractivity (Wildman–Crippen MR) is 118 cm³/mol. The number of rotatable bonds is 10. The molecule has 2 amide bonds. The highest BCUT2D eigenvalue weighted by Gasteiger charge is 2.11. The lowest BCUT2D eigenvalue weighted by Gasteiger charge is -2.22. The molecule has 0 saturated carbocycles. The number of hydrogen-bond acceptors (Lipinski definition) is 4. The number of methoxy groups -OCH3 is 1. The molecule has 2 N–H and O–H groups in total. The van der Waals surface area contributed by atoms with E-state index < -0.39 is 0 Å². The van der Waals surface area contributed by atoms with E-state index in [-0.39, 0.29) is 18.2 Å². The molecule has 2 aromatic rings. The fourth-order valence-corrected chi connectivity index (χ4v) is 3.11. The smallest absolute Gasteiger partial charge is 0.233 e. The Morgan fingerprint density at radius 2 is 1.69 bits per heavy atom. The Balaban J connectivity index is 1.79. The van der Waals surface area contributed by atoms with Crippen molar-refractivity contribution in [2.75, 3.05) is 37.0 Å². The van der Waals surface area contributed by atoms with Gasteiger partial charge in [0.1, 0.15) is 12.2 Å². The van der Waals surface area contributed by atoms with E-state index in [9.17, 15) is 9.59 Å². The lowest BCUT2D eigenvalue weighted by molar-refractivity contribution is -0.126. The van der Waals surface area contributed by atoms with E-state index in [1.807, 2.05) is 43.3 Å². The maximum Gasteiger partial charge on any atom is 0.233 e. The van der Waals surface area contributed by atoms with Crippen molar-refractivity contribution in [3.8, 4) is 5.75 Å². The molecule has 0 bridgehead atoms. The Hall–Kier alpha value is -3.02. The summed E-state index contributed by atoms with van der Waals surface area (Å²) in [5.74, 6) is 0.203. The van der Waals surface area contributed by atoms with E-state index in [0.29, 0.717) is 13.0 Å². The van der Waals surface area contributed by atoms with Crippen molar-refractivity contribution in [2.24, 2.45) is 0 Å². The second kappa shape index (κ2) is 11.1. The lowest BCUT2D eigenvalue weighted by atomic mass is 10.1. The summed E-state index contributed by atoms with van der Waals surface area (Å²) in [6, 6.07) is 13.6. The van der Waals surface area contributed by atoms with Crippen LogP contribution in [0.15, 0.2) is 42.5 Å². The average Bonchev–Trinajstić information content (AvgIpc) is 2.71. The Labute approximate surface area is 173 Å². The van der Waals surface area contributed by atoms with Gasteiger partial charge in [-0.25, -0.2) is 0 Å². The van der Waals surface area contributed by atoms with Crippen LogP contribution < -0.4 is 20.3 Å². The van der Waals surface area contributed by atoms with Gasteiger partial charge in [-0.05, 0) is 68.7 Å². The summed E-state index contributed by atoms with van der Waals surface area (Å²) in [6.07, 6.45) is 0.503. The highest BCUT2D eigenvalue weighted by Crippen LogP contribution is 2.22. The SMILES string of the molecule is CCN(CC)c1ccc(NC(=O)CC(=O)NCCc2ccc(OC)cc2)c(C)c1. The summed E-state index contributed by atoms with van der Waals surface area (Å²) in [6.45, 7) is 8.52. The first-order chi connectivity index (χ1) is 14.0. The standard InChI is InChI=1S/C23H31N3O3/c1-5-26(6-2)19-9-12-21(17(3)15-19)25-23(28)16-22(27)24-14-13-18-7-10-20(29-4)11-8-18/h7-12,15H,5-6,13-14,16H2,1-4H3,(H,24,27)(H,25,28). The number of nitrogens with zero attached hydrogens (tertiary/aromatic N) is 1. The van der Waals surface area contributed by atoms with E-state index in [1.54, 1.807) is 7.11 Å². The van der Waals surface area contributed by atoms with E-state index in [4.69, 9.17) is 4.74 Å². The zero-order chi connectivity index (χ0) is 21.2. The van der Waals surface area contributed by atoms with Crippen molar-refractivity contribution in [3.05, 3.63) is 53.6 Å². The largest absolute Gasteiger partial charge is 0.497 e. The van der Waals surface area contributed by atoms with Gasteiger partial charge in [0.25, 0.3) is 0 Å². The number of nitrogens with one attached hydrogen (secondary N) is 2. The number of carbonyl (C=O) groups excluding carboxylic acids is 2. The van der Waals surface area contributed by atoms with Crippen molar-refractivity contribution in [3.63, 3.8) is 0 Å². The van der Waals surface area contributed by atoms with Crippen LogP contribution in [0.1, 0.15) is 31.4 Å². The Bertz CT molecular complexity index is 815. The van der Waals surface area contributed by atoms with E-state index in [0.717, 1.165) is 41.3 Å². The van der Waals surface area contributed by atoms with Gasteiger partial charge in [0, 0.05) is 31.0 Å². The maximum atomic E-state index is 12.2. The third-order valence-electron chi connectivity index (χ3n) is 4.83. The van der Waals surface area contributed by atoms with Gasteiger partial charge in [-0.2, -0.15) is 0 Å². The van der Waals surface area contributed by atoms with Crippen LogP contribution in [-0.2, 0) is 16.0 Å². The molecule has 0 saturated heterocycles. The van der Waals surface area contributed by atoms with Crippen molar-refractivity contribution in [1.29, 1.82) is 0 Å². The summed E-state index contributed by atoms with van der Waals surface area (Å²) >= 11 is 0. The first kappa shape index (κ1) is 22.3. The zero-order valence-electron chi connectivity index (χ0n) is 17.7. The van der Waals surface area contributed by atoms with Gasteiger partial charge in [-0.15, -0.1) is 0 Å². The van der Waals surface area contributed by atoms with Gasteiger partial charge in [0.15, 0.2) is 0 Å². The number of benzene rings is 2. The fourth-order valence-electron chi connectivity index (χ4n) is 3.11. The molecule has 2 aromatic carbocycles. The van der Waals surface area contributed by atoms with Crippen molar-refractivity contribution >= 4 is 23.2 Å². The molecule has 0 unspecified atom stereocenters. The second-order valence-corrected chi connectivity index (χ2v) is 6.84. The Morgan fingerprint density at radius 3 is 2.28 bits per heavy atom. The van der Waals surface area contributed by atoms with Crippen LogP contribution in [0, 0.1) is 6.92 Å². The van der Waals surface area contributed by atoms with Gasteiger partial charge >= 0.3 is 0 Å². The highest BCUT2D eigenvalue weighted by atomic mass is 16.5. The second-order valence-electron chi connectivity index (χ2n) is 6.84. The van der Waals surface area contributed by atoms with Gasteiger partial charge in [-0.1, -0.05) is 12.1 Å². The molecule has 0 fully saturated rings. The predicted octanol–water partition coefficient (Wildman–Crippen LogP) is 3.54. The molecular formula is C23H31N3O3. The minimum absolute atomic E-state index is 0.195. The van der Waals surface area contributed by atoms with Crippen LogP contribution in [0.4, 0.5) is 11.4 Å². The molecular weight excluding hydrogens is 366 g/mol. The number of anilines is 2. The van der Waals surface area contributed by atoms with E-state index >= 15 is 0 Å². The molecule has 6 heteroatoms. The van der Waals surface area contributed by atoms with Crippen molar-refractivity contribution < 1.29 is 14.3 Å². The number of hydrogen-bond donors (Lipinski definition) is 2. The molecule has 6 nitrogen and oxygen atoms in total. The van der Waals surface area contributed by atoms with Crippen LogP contribution in [0.2, 0.25) is 0 Å². The van der Waals surface area contributed by atoms with Crippen LogP contribution in [-0.4, -0.2) is 38.6 Å². The molecule has 0 aliphatic heterocycles. The number of carbonyl (C=O) groups is 2. The molecule has 0 radical (unpaired) electrons. The zero-order valence-corrected chi connectivity index (χ0v) is 17.7. The minimum Gasteiger partial charge on any atom is -0.497 e. The molecule has 2 rings (SSSR count). The number of ether oxygens (including phenoxy) is 1. The molecule has 0 heterocycles. The lowest BCUT2D eigenvalue weighted by Crippen LogP contribution is -2.29. The van der Waals surface area contributed by atoms with Crippen molar-refractivity contribution in [2.45, 2.75) is 33.6 Å². The molecule has 0 atom stereocenters. The van der Waals surface area contributed by atoms with Crippen LogP contribution >= 0.6 is 0 Å². The van der Waals surface area contributed by atoms with Crippen LogP contribution in [0.3, 0.4) is 0 Å². The Kier molecular flexibility index (Phi) is 8.52. The normalized spacial score (nSPS) is 10.3. The summed E-state index contributed by atoms with van der Waals surface area (Å²) in [5, 5.41) is 5.62. The number of aryl methyl sites for hydroxylation is 1. The molecule has 0 aliphatic carbocycles. The minimum atomic E-state index is -0.314. The first-order valence-electron chi connectivity index (χ1n) is 10.0. The average molecular weight is 398 g/mol. The van der Waals surface area contributed by atoms with Crippen molar-refractivity contribution in [1.82, 2.24) is 5.32 Å². The van der Waals surface area contributed by atoms with E-state index in [1.165, 1.54) is 0 Å². The molecule has 29 heavy (non-hydrogen) atoms. The summed E-state index contributed by atoms with van der Waals surface area (Å²) < 4.78 is 5.13. The monoisotopic (exact) mass is 397 g/mol. The highest BCUT2D eigenvalue weighted by molar-refractivity contribution is 6.03. The van der Waals surface area contributed by atoms with Gasteiger partial charge in [-0.3, -0.25) is 9.59 Å². The van der Waals surface area contributed by atoms with Gasteiger partial charge in [0.2, 0.25) is 11.8 Å². The molecule has 156 valence electrons. The van der Waals surface area contributed by atoms with Crippen LogP contribution in [0.25, 0.3) is 0 Å². The summed E-state index contributed by atoms with van der Waals surface area (Å²) in [4.78, 5) is 26.5. The fraction of sp³-hybridized carbons (Fsp3) is 0.391. The molecule has 0 aliphatic rings. The van der Waals surface area contributed by atoms with E-state index in [2.05, 4.69) is 35.4 Å². The third-order valence-corrected chi connectivity index (χ3v) is 4.83. The first-order valence-corrected chi connectivity index (χ1v) is 10.0. The number of amides is 2. The maximum absolute atomic E-state index is 12.2. The third kappa shape index (κ3) is 6.82. The summed E-state index contributed by atoms with van der Waals surface area (Å²) in [5.41, 5.74) is 3.93.